The summed E-state index contributed by atoms with van der Waals surface area (Å²) in [6.07, 6.45) is 5.45. The minimum atomic E-state index is -0.0151. The van der Waals surface area contributed by atoms with Gasteiger partial charge in [0.2, 0.25) is 0 Å². The monoisotopic (exact) mass is 310 g/mol. The molecule has 1 atom stereocenters. The Labute approximate surface area is 136 Å². The molecule has 120 valence electrons. The number of carbonyl (C=O) groups excluding carboxylic acids is 1. The zero-order chi connectivity index (χ0) is 16.1. The third-order valence-corrected chi connectivity index (χ3v) is 4.13. The molecule has 0 bridgehead atoms. The van der Waals surface area contributed by atoms with Crippen LogP contribution in [-0.2, 0) is 6.54 Å². The van der Waals surface area contributed by atoms with Gasteiger partial charge in [-0.2, -0.15) is 0 Å². The quantitative estimate of drug-likeness (QED) is 0.943. The molecule has 2 aromatic rings. The highest BCUT2D eigenvalue weighted by Gasteiger charge is 2.22. The van der Waals surface area contributed by atoms with Crippen molar-refractivity contribution >= 4 is 11.7 Å². The second-order valence-electron chi connectivity index (χ2n) is 6.12. The molecule has 1 unspecified atom stereocenters. The highest BCUT2D eigenvalue weighted by molar-refractivity contribution is 5.92. The average molecular weight is 310 g/mol. The number of likely N-dealkylation sites (tertiary alicyclic amines) is 1. The van der Waals surface area contributed by atoms with E-state index in [0.717, 1.165) is 19.5 Å². The van der Waals surface area contributed by atoms with Gasteiger partial charge in [0.15, 0.2) is 0 Å². The van der Waals surface area contributed by atoms with Gasteiger partial charge in [0.05, 0.1) is 12.4 Å². The molecule has 3 rings (SSSR count). The molecule has 0 radical (unpaired) electrons. The number of piperidine rings is 1. The van der Waals surface area contributed by atoms with Gasteiger partial charge in [-0.15, -0.1) is 0 Å². The molecule has 2 heterocycles. The number of hydrogen-bond acceptors (Lipinski definition) is 4. The van der Waals surface area contributed by atoms with Crippen molar-refractivity contribution in [3.05, 3.63) is 54.0 Å². The lowest BCUT2D eigenvalue weighted by atomic mass is 10.0. The molecule has 23 heavy (non-hydrogen) atoms. The standard InChI is InChI=1S/C18H22N4O/c1-14-6-5-9-22(13-14)18(23)16-11-21-17(12-19-16)20-10-15-7-3-2-4-8-15/h2-4,7-8,11-12,14H,5-6,9-10,13H2,1H3,(H,20,21). The highest BCUT2D eigenvalue weighted by atomic mass is 16.2. The SMILES string of the molecule is CC1CCCN(C(=O)c2cnc(NCc3ccccc3)cn2)C1. The first kappa shape index (κ1) is 15.5. The molecule has 0 saturated carbocycles. The highest BCUT2D eigenvalue weighted by Crippen LogP contribution is 2.17. The maximum atomic E-state index is 12.4. The Morgan fingerprint density at radius 2 is 2.09 bits per heavy atom. The number of aromatic nitrogens is 2. The number of amides is 1. The molecule has 1 aromatic carbocycles. The molecule has 1 fully saturated rings. The van der Waals surface area contributed by atoms with E-state index in [9.17, 15) is 4.79 Å². The molecule has 5 heteroatoms. The van der Waals surface area contributed by atoms with E-state index in [0.29, 0.717) is 24.0 Å². The van der Waals surface area contributed by atoms with Crippen molar-refractivity contribution < 1.29 is 4.79 Å². The van der Waals surface area contributed by atoms with Crippen LogP contribution in [0.2, 0.25) is 0 Å². The van der Waals surface area contributed by atoms with E-state index < -0.39 is 0 Å². The molecular weight excluding hydrogens is 288 g/mol. The van der Waals surface area contributed by atoms with Gasteiger partial charge >= 0.3 is 0 Å². The van der Waals surface area contributed by atoms with Gasteiger partial charge < -0.3 is 10.2 Å². The number of benzene rings is 1. The normalized spacial score (nSPS) is 17.8. The van der Waals surface area contributed by atoms with Crippen LogP contribution in [0.5, 0.6) is 0 Å². The van der Waals surface area contributed by atoms with Gasteiger partial charge in [0.1, 0.15) is 11.5 Å². The number of nitrogens with zero attached hydrogens (tertiary/aromatic N) is 3. The molecule has 1 saturated heterocycles. The van der Waals surface area contributed by atoms with Crippen LogP contribution in [0, 0.1) is 5.92 Å². The van der Waals surface area contributed by atoms with E-state index in [1.54, 1.807) is 12.4 Å². The van der Waals surface area contributed by atoms with Crippen LogP contribution < -0.4 is 5.32 Å². The average Bonchev–Trinajstić information content (AvgIpc) is 2.61. The lowest BCUT2D eigenvalue weighted by Crippen LogP contribution is -2.39. The topological polar surface area (TPSA) is 58.1 Å². The summed E-state index contributed by atoms with van der Waals surface area (Å²) < 4.78 is 0. The molecule has 0 spiro atoms. The fourth-order valence-corrected chi connectivity index (χ4v) is 2.85. The van der Waals surface area contributed by atoms with Gasteiger partial charge in [-0.25, -0.2) is 9.97 Å². The lowest BCUT2D eigenvalue weighted by Gasteiger charge is -2.30. The van der Waals surface area contributed by atoms with Crippen molar-refractivity contribution in [2.24, 2.45) is 5.92 Å². The Morgan fingerprint density at radius 1 is 1.26 bits per heavy atom. The van der Waals surface area contributed by atoms with Crippen molar-refractivity contribution in [3.8, 4) is 0 Å². The first-order chi connectivity index (χ1) is 11.2. The third kappa shape index (κ3) is 4.06. The molecule has 1 amide bonds. The number of anilines is 1. The minimum Gasteiger partial charge on any atom is -0.365 e. The summed E-state index contributed by atoms with van der Waals surface area (Å²) in [5.41, 5.74) is 1.60. The van der Waals surface area contributed by atoms with E-state index in [1.807, 2.05) is 23.1 Å². The van der Waals surface area contributed by atoms with Crippen LogP contribution in [0.3, 0.4) is 0 Å². The number of hydrogen-bond donors (Lipinski definition) is 1. The van der Waals surface area contributed by atoms with E-state index in [1.165, 1.54) is 12.0 Å². The second-order valence-corrected chi connectivity index (χ2v) is 6.12. The molecule has 1 aromatic heterocycles. The van der Waals surface area contributed by atoms with Gasteiger partial charge in [-0.1, -0.05) is 37.3 Å². The Balaban J connectivity index is 1.59. The molecule has 1 aliphatic heterocycles. The van der Waals surface area contributed by atoms with Crippen LogP contribution in [0.25, 0.3) is 0 Å². The Bertz CT molecular complexity index is 642. The fourth-order valence-electron chi connectivity index (χ4n) is 2.85. The molecular formula is C18H22N4O. The first-order valence-corrected chi connectivity index (χ1v) is 8.11. The maximum absolute atomic E-state index is 12.4. The number of rotatable bonds is 4. The van der Waals surface area contributed by atoms with E-state index in [2.05, 4.69) is 34.3 Å². The lowest BCUT2D eigenvalue weighted by molar-refractivity contribution is 0.0676. The predicted molar refractivity (Wildman–Crippen MR) is 90.1 cm³/mol. The largest absolute Gasteiger partial charge is 0.365 e. The van der Waals surface area contributed by atoms with Crippen molar-refractivity contribution in [2.75, 3.05) is 18.4 Å². The Morgan fingerprint density at radius 3 is 2.78 bits per heavy atom. The van der Waals surface area contributed by atoms with Crippen molar-refractivity contribution in [1.29, 1.82) is 0 Å². The summed E-state index contributed by atoms with van der Waals surface area (Å²) >= 11 is 0. The summed E-state index contributed by atoms with van der Waals surface area (Å²) in [5, 5.41) is 3.22. The van der Waals surface area contributed by atoms with Gasteiger partial charge in [-0.3, -0.25) is 4.79 Å². The summed E-state index contributed by atoms with van der Waals surface area (Å²) in [6, 6.07) is 10.1. The Hall–Kier alpha value is -2.43. The predicted octanol–water partition coefficient (Wildman–Crippen LogP) is 2.96. The number of nitrogens with one attached hydrogen (secondary N) is 1. The summed E-state index contributed by atoms with van der Waals surface area (Å²) in [6.45, 7) is 4.50. The summed E-state index contributed by atoms with van der Waals surface area (Å²) in [5.74, 6) is 1.23. The smallest absolute Gasteiger partial charge is 0.274 e. The van der Waals surface area contributed by atoms with Crippen LogP contribution >= 0.6 is 0 Å². The molecule has 0 aliphatic carbocycles. The van der Waals surface area contributed by atoms with Crippen molar-refractivity contribution in [3.63, 3.8) is 0 Å². The fraction of sp³-hybridized carbons (Fsp3) is 0.389. The Kier molecular flexibility index (Phi) is 4.86. The van der Waals surface area contributed by atoms with Crippen LogP contribution in [0.4, 0.5) is 5.82 Å². The van der Waals surface area contributed by atoms with Crippen LogP contribution in [0.15, 0.2) is 42.7 Å². The number of carbonyl (C=O) groups is 1. The van der Waals surface area contributed by atoms with Gasteiger partial charge in [0, 0.05) is 19.6 Å². The zero-order valence-corrected chi connectivity index (χ0v) is 13.4. The molecule has 5 nitrogen and oxygen atoms in total. The van der Waals surface area contributed by atoms with Crippen molar-refractivity contribution in [2.45, 2.75) is 26.3 Å². The first-order valence-electron chi connectivity index (χ1n) is 8.11. The van der Waals surface area contributed by atoms with Crippen LogP contribution in [0.1, 0.15) is 35.8 Å². The van der Waals surface area contributed by atoms with Gasteiger partial charge in [0.25, 0.3) is 5.91 Å². The molecule has 1 aliphatic rings. The maximum Gasteiger partial charge on any atom is 0.274 e. The molecule has 1 N–H and O–H groups in total. The summed E-state index contributed by atoms with van der Waals surface area (Å²) in [7, 11) is 0. The second kappa shape index (κ2) is 7.22. The minimum absolute atomic E-state index is 0.0151. The third-order valence-electron chi connectivity index (χ3n) is 4.13. The van der Waals surface area contributed by atoms with Gasteiger partial charge in [-0.05, 0) is 24.3 Å². The zero-order valence-electron chi connectivity index (χ0n) is 13.4. The summed E-state index contributed by atoms with van der Waals surface area (Å²) in [4.78, 5) is 22.9. The van der Waals surface area contributed by atoms with E-state index >= 15 is 0 Å². The van der Waals surface area contributed by atoms with Crippen LogP contribution in [-0.4, -0.2) is 33.9 Å². The van der Waals surface area contributed by atoms with E-state index in [-0.39, 0.29) is 5.91 Å². The van der Waals surface area contributed by atoms with Crippen molar-refractivity contribution in [1.82, 2.24) is 14.9 Å². The van der Waals surface area contributed by atoms with E-state index in [4.69, 9.17) is 0 Å².